The summed E-state index contributed by atoms with van der Waals surface area (Å²) in [6, 6.07) is -1.03. The second-order valence-electron chi connectivity index (χ2n) is 2.25. The highest BCUT2D eigenvalue weighted by molar-refractivity contribution is 5.85. The first-order chi connectivity index (χ1) is 4.61. The number of hydrogen-bond acceptors (Lipinski definition) is 3. The Morgan fingerprint density at radius 3 is 2.30 bits per heavy atom. The number of nitrogens with two attached hydrogens (primary N) is 1. The minimum absolute atomic E-state index is 0.310. The van der Waals surface area contributed by atoms with Gasteiger partial charge in [0.2, 0.25) is 5.91 Å². The van der Waals surface area contributed by atoms with Crippen LogP contribution in [0.4, 0.5) is 0 Å². The molecule has 1 aliphatic heterocycles. The van der Waals surface area contributed by atoms with E-state index >= 15 is 0 Å². The molecule has 1 aliphatic rings. The van der Waals surface area contributed by atoms with Crippen molar-refractivity contribution < 1.29 is 14.7 Å². The molecule has 0 aromatic carbocycles. The molecule has 1 rings (SSSR count). The Morgan fingerprint density at radius 1 is 1.50 bits per heavy atom. The zero-order chi connectivity index (χ0) is 7.72. The Bertz CT molecular complexity index is 156. The third-order valence-corrected chi connectivity index (χ3v) is 1.52. The fraction of sp³-hybridized carbons (Fsp3) is 0.600. The van der Waals surface area contributed by atoms with E-state index in [9.17, 15) is 9.59 Å². The average Bonchev–Trinajstić information content (AvgIpc) is 1.56. The predicted octanol–water partition coefficient (Wildman–Crippen LogP) is -1.71. The van der Waals surface area contributed by atoms with Gasteiger partial charge in [-0.2, -0.15) is 0 Å². The lowest BCUT2D eigenvalue weighted by Crippen LogP contribution is -2.61. The van der Waals surface area contributed by atoms with E-state index in [2.05, 4.69) is 5.32 Å². The van der Waals surface area contributed by atoms with Crippen molar-refractivity contribution in [2.24, 2.45) is 5.73 Å². The Balaban J connectivity index is 2.31. The van der Waals surface area contributed by atoms with Crippen LogP contribution in [0.15, 0.2) is 0 Å². The van der Waals surface area contributed by atoms with Gasteiger partial charge in [-0.05, 0) is 6.42 Å². The maximum Gasteiger partial charge on any atom is 0.320 e. The lowest BCUT2D eigenvalue weighted by molar-refractivity contribution is -0.143. The van der Waals surface area contributed by atoms with Gasteiger partial charge in [-0.15, -0.1) is 0 Å². The maximum atomic E-state index is 10.3. The fourth-order valence-corrected chi connectivity index (χ4v) is 0.825. The van der Waals surface area contributed by atoms with Gasteiger partial charge in [-0.25, -0.2) is 0 Å². The standard InChI is InChI=1S/C5H8N2O3/c6-4(8)2-1-3(7-2)5(9)10/h2-3,7H,1H2,(H2,6,8)(H,9,10)/t2-,3+/m0/s1. The van der Waals surface area contributed by atoms with E-state index in [-0.39, 0.29) is 0 Å². The highest BCUT2D eigenvalue weighted by atomic mass is 16.4. The third kappa shape index (κ3) is 1.08. The summed E-state index contributed by atoms with van der Waals surface area (Å²) in [7, 11) is 0. The smallest absolute Gasteiger partial charge is 0.320 e. The molecule has 1 heterocycles. The molecule has 4 N–H and O–H groups in total. The number of amides is 1. The van der Waals surface area contributed by atoms with Gasteiger partial charge in [-0.3, -0.25) is 14.9 Å². The number of carbonyl (C=O) groups is 2. The van der Waals surface area contributed by atoms with Gasteiger partial charge in [0.1, 0.15) is 6.04 Å². The van der Waals surface area contributed by atoms with E-state index in [4.69, 9.17) is 10.8 Å². The minimum atomic E-state index is -0.933. The summed E-state index contributed by atoms with van der Waals surface area (Å²) in [6.45, 7) is 0. The SMILES string of the molecule is NC(=O)[C@@H]1C[C@H](C(=O)O)N1. The van der Waals surface area contributed by atoms with Crippen LogP contribution in [0.5, 0.6) is 0 Å². The zero-order valence-electron chi connectivity index (χ0n) is 5.20. The van der Waals surface area contributed by atoms with Crippen molar-refractivity contribution in [3.63, 3.8) is 0 Å². The van der Waals surface area contributed by atoms with Crippen LogP contribution in [0.2, 0.25) is 0 Å². The summed E-state index contributed by atoms with van der Waals surface area (Å²) < 4.78 is 0. The summed E-state index contributed by atoms with van der Waals surface area (Å²) in [5, 5.41) is 10.8. The Labute approximate surface area is 57.2 Å². The van der Waals surface area contributed by atoms with E-state index in [1.165, 1.54) is 0 Å². The van der Waals surface area contributed by atoms with Crippen molar-refractivity contribution in [3.8, 4) is 0 Å². The van der Waals surface area contributed by atoms with Gasteiger partial charge in [0, 0.05) is 0 Å². The second-order valence-corrected chi connectivity index (χ2v) is 2.25. The van der Waals surface area contributed by atoms with Crippen molar-refractivity contribution >= 4 is 11.9 Å². The number of carboxylic acids is 1. The highest BCUT2D eigenvalue weighted by Crippen LogP contribution is 2.10. The van der Waals surface area contributed by atoms with E-state index in [0.29, 0.717) is 6.42 Å². The number of hydrogen-bond donors (Lipinski definition) is 3. The van der Waals surface area contributed by atoms with Gasteiger partial charge >= 0.3 is 5.97 Å². The summed E-state index contributed by atoms with van der Waals surface area (Å²) in [5.74, 6) is -1.42. The number of aliphatic carboxylic acids is 1. The van der Waals surface area contributed by atoms with E-state index < -0.39 is 24.0 Å². The molecule has 1 fully saturated rings. The van der Waals surface area contributed by atoms with Crippen molar-refractivity contribution in [3.05, 3.63) is 0 Å². The topological polar surface area (TPSA) is 92.4 Å². The van der Waals surface area contributed by atoms with Gasteiger partial charge in [0.25, 0.3) is 0 Å². The monoisotopic (exact) mass is 144 g/mol. The molecule has 10 heavy (non-hydrogen) atoms. The molecule has 0 saturated carbocycles. The quantitative estimate of drug-likeness (QED) is 0.430. The minimum Gasteiger partial charge on any atom is -0.480 e. The molecule has 0 spiro atoms. The maximum absolute atomic E-state index is 10.3. The number of carbonyl (C=O) groups excluding carboxylic acids is 1. The summed E-state index contributed by atoms with van der Waals surface area (Å²) in [6.07, 6.45) is 0.310. The summed E-state index contributed by atoms with van der Waals surface area (Å²) >= 11 is 0. The number of primary amides is 1. The lowest BCUT2D eigenvalue weighted by Gasteiger charge is -2.31. The number of carboxylic acid groups (broad SMARTS) is 1. The molecule has 2 atom stereocenters. The summed E-state index contributed by atoms with van der Waals surface area (Å²) in [5.41, 5.74) is 4.87. The van der Waals surface area contributed by atoms with Crippen molar-refractivity contribution in [2.75, 3.05) is 0 Å². The average molecular weight is 144 g/mol. The van der Waals surface area contributed by atoms with Gasteiger partial charge in [0.05, 0.1) is 6.04 Å². The Hall–Kier alpha value is -1.10. The van der Waals surface area contributed by atoms with E-state index in [1.807, 2.05) is 0 Å². The molecule has 0 aromatic heterocycles. The van der Waals surface area contributed by atoms with Crippen molar-refractivity contribution in [1.29, 1.82) is 0 Å². The number of nitrogens with one attached hydrogen (secondary N) is 1. The Morgan fingerprint density at radius 2 is 2.00 bits per heavy atom. The molecular formula is C5H8N2O3. The van der Waals surface area contributed by atoms with E-state index in [1.54, 1.807) is 0 Å². The molecule has 1 saturated heterocycles. The fourth-order valence-electron chi connectivity index (χ4n) is 0.825. The van der Waals surface area contributed by atoms with Gasteiger partial charge in [-0.1, -0.05) is 0 Å². The van der Waals surface area contributed by atoms with Crippen LogP contribution in [0.3, 0.4) is 0 Å². The van der Waals surface area contributed by atoms with Crippen LogP contribution < -0.4 is 11.1 Å². The number of rotatable bonds is 2. The van der Waals surface area contributed by atoms with Crippen LogP contribution in [0.25, 0.3) is 0 Å². The highest BCUT2D eigenvalue weighted by Gasteiger charge is 2.36. The van der Waals surface area contributed by atoms with Gasteiger partial charge < -0.3 is 10.8 Å². The van der Waals surface area contributed by atoms with Crippen LogP contribution in [0, 0.1) is 0 Å². The largest absolute Gasteiger partial charge is 0.480 e. The molecule has 0 unspecified atom stereocenters. The third-order valence-electron chi connectivity index (χ3n) is 1.52. The van der Waals surface area contributed by atoms with Crippen molar-refractivity contribution in [2.45, 2.75) is 18.5 Å². The molecular weight excluding hydrogens is 136 g/mol. The van der Waals surface area contributed by atoms with Crippen LogP contribution >= 0.6 is 0 Å². The van der Waals surface area contributed by atoms with Crippen LogP contribution in [-0.2, 0) is 9.59 Å². The summed E-state index contributed by atoms with van der Waals surface area (Å²) in [4.78, 5) is 20.5. The first kappa shape index (κ1) is 7.01. The lowest BCUT2D eigenvalue weighted by atomic mass is 9.97. The predicted molar refractivity (Wildman–Crippen MR) is 32.2 cm³/mol. The zero-order valence-corrected chi connectivity index (χ0v) is 5.20. The first-order valence-electron chi connectivity index (χ1n) is 2.89. The van der Waals surface area contributed by atoms with Crippen LogP contribution in [0.1, 0.15) is 6.42 Å². The molecule has 0 radical (unpaired) electrons. The molecule has 0 aliphatic carbocycles. The Kier molecular flexibility index (Phi) is 1.58. The van der Waals surface area contributed by atoms with Crippen molar-refractivity contribution in [1.82, 2.24) is 5.32 Å². The van der Waals surface area contributed by atoms with Crippen LogP contribution in [-0.4, -0.2) is 29.1 Å². The van der Waals surface area contributed by atoms with Gasteiger partial charge in [0.15, 0.2) is 0 Å². The second kappa shape index (κ2) is 2.26. The molecule has 0 bridgehead atoms. The van der Waals surface area contributed by atoms with E-state index in [0.717, 1.165) is 0 Å². The normalized spacial score (nSPS) is 30.8. The molecule has 56 valence electrons. The first-order valence-corrected chi connectivity index (χ1v) is 2.89. The molecule has 5 nitrogen and oxygen atoms in total. The molecule has 5 heteroatoms. The molecule has 0 aromatic rings. The molecule has 1 amide bonds.